The molecule has 0 saturated carbocycles. The zero-order valence-corrected chi connectivity index (χ0v) is 24.7. The minimum Gasteiger partial charge on any atom is -0.394 e. The van der Waals surface area contributed by atoms with Gasteiger partial charge < -0.3 is 24.1 Å². The van der Waals surface area contributed by atoms with E-state index in [1.807, 2.05) is 20.0 Å². The zero-order chi connectivity index (χ0) is 27.7. The highest BCUT2D eigenvalue weighted by molar-refractivity contribution is 5.75. The highest BCUT2D eigenvalue weighted by Gasteiger charge is 2.02. The van der Waals surface area contributed by atoms with Crippen molar-refractivity contribution < 1.29 is 24.1 Å². The zero-order valence-electron chi connectivity index (χ0n) is 24.7. The van der Waals surface area contributed by atoms with Crippen LogP contribution in [0.15, 0.2) is 6.20 Å². The summed E-state index contributed by atoms with van der Waals surface area (Å²) in [7, 11) is 0. The summed E-state index contributed by atoms with van der Waals surface area (Å²) < 4.78 is 17.5. The molecule has 0 aromatic carbocycles. The van der Waals surface area contributed by atoms with E-state index in [1.165, 1.54) is 51.4 Å². The summed E-state index contributed by atoms with van der Waals surface area (Å²) in [6.45, 7) is 18.0. The summed E-state index contributed by atoms with van der Waals surface area (Å²) in [5.41, 5.74) is 0.821. The standard InChI is InChI=1S/C14H25N3O5.2C6H14.C2H6/c1-13(19)2-3-14-12-17(16-15-14)4-6-20-8-10-22-11-9-21-7-5-18;2*1-3-5-6-4-2;1-2/h12,18H,2-11H2,1H3;2*3-6H2,1-2H3;1-2H3. The van der Waals surface area contributed by atoms with Crippen LogP contribution in [0.2, 0.25) is 0 Å². The predicted molar refractivity (Wildman–Crippen MR) is 150 cm³/mol. The molecule has 0 atom stereocenters. The molecule has 0 amide bonds. The SMILES string of the molecule is CC.CC(=O)CCc1cn(CCOCCOCCOCCO)nn1.CCCCCC.CCCCCC. The lowest BCUT2D eigenvalue weighted by Crippen LogP contribution is -2.13. The molecule has 1 heterocycles. The van der Waals surface area contributed by atoms with Gasteiger partial charge in [-0.15, -0.1) is 5.10 Å². The number of Topliss-reactive ketones (excluding diaryl/α,β-unsaturated/α-hetero) is 1. The van der Waals surface area contributed by atoms with E-state index in [1.54, 1.807) is 11.6 Å². The summed E-state index contributed by atoms with van der Waals surface area (Å²) in [6.07, 6.45) is 14.0. The van der Waals surface area contributed by atoms with E-state index >= 15 is 0 Å². The molecule has 0 radical (unpaired) electrons. The van der Waals surface area contributed by atoms with Crippen LogP contribution < -0.4 is 0 Å². The van der Waals surface area contributed by atoms with Crippen molar-refractivity contribution in [3.8, 4) is 0 Å². The quantitative estimate of drug-likeness (QED) is 0.211. The van der Waals surface area contributed by atoms with Crippen LogP contribution >= 0.6 is 0 Å². The van der Waals surface area contributed by atoms with E-state index in [-0.39, 0.29) is 12.4 Å². The molecule has 0 aliphatic heterocycles. The molecule has 0 unspecified atom stereocenters. The second-order valence-electron chi connectivity index (χ2n) is 8.15. The van der Waals surface area contributed by atoms with Gasteiger partial charge >= 0.3 is 0 Å². The Labute approximate surface area is 222 Å². The molecule has 8 heteroatoms. The third kappa shape index (κ3) is 34.8. The molecule has 0 saturated heterocycles. The molecule has 0 spiro atoms. The molecule has 0 fully saturated rings. The Balaban J connectivity index is -0.000000638. The van der Waals surface area contributed by atoms with Crippen molar-refractivity contribution >= 4 is 5.78 Å². The fourth-order valence-electron chi connectivity index (χ4n) is 2.63. The number of rotatable bonds is 20. The molecule has 0 aliphatic carbocycles. The van der Waals surface area contributed by atoms with Gasteiger partial charge in [0.05, 0.1) is 58.5 Å². The maximum absolute atomic E-state index is 10.9. The average molecular weight is 518 g/mol. The van der Waals surface area contributed by atoms with Crippen LogP contribution in [-0.4, -0.2) is 72.1 Å². The van der Waals surface area contributed by atoms with Gasteiger partial charge in [-0.25, -0.2) is 4.68 Å². The van der Waals surface area contributed by atoms with Crippen molar-refractivity contribution in [3.63, 3.8) is 0 Å². The Morgan fingerprint density at radius 1 is 0.806 bits per heavy atom. The summed E-state index contributed by atoms with van der Waals surface area (Å²) >= 11 is 0. The fraction of sp³-hybridized carbons (Fsp3) is 0.893. The van der Waals surface area contributed by atoms with Crippen molar-refractivity contribution in [2.45, 2.75) is 119 Å². The van der Waals surface area contributed by atoms with Crippen molar-refractivity contribution in [1.29, 1.82) is 0 Å². The number of nitrogens with zero attached hydrogens (tertiary/aromatic N) is 3. The maximum atomic E-state index is 10.9. The lowest BCUT2D eigenvalue weighted by molar-refractivity contribution is -0.117. The molecule has 1 N–H and O–H groups in total. The van der Waals surface area contributed by atoms with Crippen molar-refractivity contribution in [2.75, 3.05) is 46.2 Å². The number of aromatic nitrogens is 3. The van der Waals surface area contributed by atoms with Crippen molar-refractivity contribution in [3.05, 3.63) is 11.9 Å². The Morgan fingerprint density at radius 3 is 1.67 bits per heavy atom. The van der Waals surface area contributed by atoms with Gasteiger partial charge in [-0.1, -0.05) is 98.1 Å². The Bertz CT molecular complexity index is 511. The van der Waals surface area contributed by atoms with Crippen molar-refractivity contribution in [2.24, 2.45) is 0 Å². The van der Waals surface area contributed by atoms with Crippen LogP contribution in [0, 0.1) is 0 Å². The Kier molecular flexibility index (Phi) is 39.0. The van der Waals surface area contributed by atoms with Gasteiger partial charge in [-0.2, -0.15) is 0 Å². The number of aliphatic hydroxyl groups excluding tert-OH is 1. The molecule has 1 rings (SSSR count). The van der Waals surface area contributed by atoms with Crippen LogP contribution in [0.1, 0.15) is 112 Å². The third-order valence-corrected chi connectivity index (χ3v) is 4.68. The summed E-state index contributed by atoms with van der Waals surface area (Å²) in [5, 5.41) is 16.5. The smallest absolute Gasteiger partial charge is 0.130 e. The lowest BCUT2D eigenvalue weighted by Gasteiger charge is -2.06. The molecule has 8 nitrogen and oxygen atoms in total. The fourth-order valence-corrected chi connectivity index (χ4v) is 2.63. The van der Waals surface area contributed by atoms with Crippen LogP contribution in [-0.2, 0) is 32.0 Å². The highest BCUT2D eigenvalue weighted by atomic mass is 16.5. The van der Waals surface area contributed by atoms with Gasteiger partial charge in [0.25, 0.3) is 0 Å². The van der Waals surface area contributed by atoms with Crippen LogP contribution in [0.5, 0.6) is 0 Å². The molecule has 0 aliphatic rings. The molecule has 216 valence electrons. The maximum Gasteiger partial charge on any atom is 0.130 e. The minimum atomic E-state index is 0.0296. The molecule has 36 heavy (non-hydrogen) atoms. The van der Waals surface area contributed by atoms with Gasteiger partial charge in [-0.05, 0) is 13.3 Å². The Hall–Kier alpha value is -1.35. The van der Waals surface area contributed by atoms with Gasteiger partial charge in [0, 0.05) is 12.6 Å². The molecular weight excluding hydrogens is 458 g/mol. The van der Waals surface area contributed by atoms with Gasteiger partial charge in [-0.3, -0.25) is 0 Å². The molecule has 1 aromatic rings. The largest absolute Gasteiger partial charge is 0.394 e. The summed E-state index contributed by atoms with van der Waals surface area (Å²) in [6, 6.07) is 0. The summed E-state index contributed by atoms with van der Waals surface area (Å²) in [4.78, 5) is 10.9. The van der Waals surface area contributed by atoms with E-state index in [9.17, 15) is 4.79 Å². The van der Waals surface area contributed by atoms with Gasteiger partial charge in [0.1, 0.15) is 5.78 Å². The first-order chi connectivity index (χ1) is 17.5. The lowest BCUT2D eigenvalue weighted by atomic mass is 10.2. The van der Waals surface area contributed by atoms with Crippen LogP contribution in [0.4, 0.5) is 0 Å². The number of carbonyl (C=O) groups excluding carboxylic acids is 1. The van der Waals surface area contributed by atoms with Crippen LogP contribution in [0.25, 0.3) is 0 Å². The number of unbranched alkanes of at least 4 members (excludes halogenated alkanes) is 6. The third-order valence-electron chi connectivity index (χ3n) is 4.68. The Morgan fingerprint density at radius 2 is 1.25 bits per heavy atom. The number of hydrogen-bond acceptors (Lipinski definition) is 7. The number of ether oxygens (including phenoxy) is 3. The second-order valence-corrected chi connectivity index (χ2v) is 8.15. The average Bonchev–Trinajstić information content (AvgIpc) is 3.35. The first kappa shape index (κ1) is 39.2. The van der Waals surface area contributed by atoms with E-state index in [4.69, 9.17) is 19.3 Å². The molecule has 1 aromatic heterocycles. The molecular formula is C28H59N3O5. The number of aryl methyl sites for hydroxylation is 1. The van der Waals surface area contributed by atoms with Gasteiger partial charge in [0.2, 0.25) is 0 Å². The van der Waals surface area contributed by atoms with E-state index in [2.05, 4.69) is 38.0 Å². The normalized spacial score (nSPS) is 9.89. The summed E-state index contributed by atoms with van der Waals surface area (Å²) in [5.74, 6) is 0.152. The topological polar surface area (TPSA) is 95.7 Å². The number of hydrogen-bond donors (Lipinski definition) is 1. The number of carbonyl (C=O) groups is 1. The van der Waals surface area contributed by atoms with Crippen molar-refractivity contribution in [1.82, 2.24) is 15.0 Å². The second kappa shape index (κ2) is 35.8. The predicted octanol–water partition coefficient (Wildman–Crippen LogP) is 6.04. The minimum absolute atomic E-state index is 0.0296. The monoisotopic (exact) mass is 517 g/mol. The van der Waals surface area contributed by atoms with E-state index < -0.39 is 0 Å². The number of aliphatic hydroxyl groups is 1. The van der Waals surface area contributed by atoms with E-state index in [0.717, 1.165) is 5.69 Å². The molecule has 0 bridgehead atoms. The van der Waals surface area contributed by atoms with Crippen LogP contribution in [0.3, 0.4) is 0 Å². The highest BCUT2D eigenvalue weighted by Crippen LogP contribution is 1.99. The number of ketones is 1. The van der Waals surface area contributed by atoms with Gasteiger partial charge in [0.15, 0.2) is 0 Å². The first-order valence-electron chi connectivity index (χ1n) is 14.3. The van der Waals surface area contributed by atoms with E-state index in [0.29, 0.717) is 59.0 Å². The first-order valence-corrected chi connectivity index (χ1v) is 14.3.